The van der Waals surface area contributed by atoms with Crippen LogP contribution < -0.4 is 14.8 Å². The van der Waals surface area contributed by atoms with Crippen LogP contribution in [0, 0.1) is 27.2 Å². The van der Waals surface area contributed by atoms with E-state index in [1.807, 2.05) is 0 Å². The molecule has 27 heavy (non-hydrogen) atoms. The molecule has 0 radical (unpaired) electrons. The van der Waals surface area contributed by atoms with Crippen LogP contribution in [0.4, 0.5) is 17.1 Å². The fourth-order valence-corrected chi connectivity index (χ4v) is 2.24. The predicted molar refractivity (Wildman–Crippen MR) is 96.2 cm³/mol. The second-order valence-corrected chi connectivity index (χ2v) is 5.62. The fraction of sp³-hybridized carbons (Fsp3) is 0.235. The van der Waals surface area contributed by atoms with Crippen LogP contribution in [-0.4, -0.2) is 29.0 Å². The van der Waals surface area contributed by atoms with Crippen LogP contribution in [0.2, 0.25) is 0 Å². The summed E-state index contributed by atoms with van der Waals surface area (Å²) < 4.78 is 10.3. The molecule has 0 aliphatic carbocycles. The Morgan fingerprint density at radius 1 is 1.07 bits per heavy atom. The third kappa shape index (κ3) is 4.69. The zero-order valence-corrected chi connectivity index (χ0v) is 14.8. The summed E-state index contributed by atoms with van der Waals surface area (Å²) >= 11 is 0. The molecule has 2 rings (SSSR count). The van der Waals surface area contributed by atoms with Gasteiger partial charge in [-0.3, -0.25) is 25.0 Å². The summed E-state index contributed by atoms with van der Waals surface area (Å²) in [7, 11) is 1.36. The topological polar surface area (TPSA) is 134 Å². The van der Waals surface area contributed by atoms with Crippen LogP contribution in [0.1, 0.15) is 12.5 Å². The summed E-state index contributed by atoms with van der Waals surface area (Å²) in [5.74, 6) is -0.505. The van der Waals surface area contributed by atoms with Crippen molar-refractivity contribution in [3.63, 3.8) is 0 Å². The molecule has 142 valence electrons. The molecule has 0 fully saturated rings. The lowest BCUT2D eigenvalue weighted by molar-refractivity contribution is -0.386. The summed E-state index contributed by atoms with van der Waals surface area (Å²) in [4.78, 5) is 33.4. The van der Waals surface area contributed by atoms with Crippen molar-refractivity contribution in [1.29, 1.82) is 0 Å². The zero-order chi connectivity index (χ0) is 20.1. The van der Waals surface area contributed by atoms with Gasteiger partial charge in [0.1, 0.15) is 11.4 Å². The Kier molecular flexibility index (Phi) is 5.91. The summed E-state index contributed by atoms with van der Waals surface area (Å²) in [6.45, 7) is 3.07. The first-order valence-electron chi connectivity index (χ1n) is 7.78. The van der Waals surface area contributed by atoms with Gasteiger partial charge in [0.15, 0.2) is 11.9 Å². The number of benzene rings is 2. The number of hydrogen-bond acceptors (Lipinski definition) is 7. The number of nitrogens with one attached hydrogen (secondary N) is 1. The Labute approximate surface area is 154 Å². The lowest BCUT2D eigenvalue weighted by Gasteiger charge is -2.15. The quantitative estimate of drug-likeness (QED) is 0.580. The van der Waals surface area contributed by atoms with E-state index in [1.165, 1.54) is 44.4 Å². The highest BCUT2D eigenvalue weighted by Crippen LogP contribution is 2.31. The van der Waals surface area contributed by atoms with Crippen LogP contribution in [0.5, 0.6) is 11.5 Å². The molecule has 0 heterocycles. The van der Waals surface area contributed by atoms with Crippen molar-refractivity contribution in [2.45, 2.75) is 20.0 Å². The maximum atomic E-state index is 12.3. The number of anilines is 1. The van der Waals surface area contributed by atoms with Crippen molar-refractivity contribution in [2.24, 2.45) is 0 Å². The van der Waals surface area contributed by atoms with Crippen molar-refractivity contribution >= 4 is 23.0 Å². The minimum atomic E-state index is -1.13. The SMILES string of the molecule is COc1ccc(NC(=O)[C@@H](C)Oc2ccc(C)cc2[N+](=O)[O-])c([N+](=O)[O-])c1. The second kappa shape index (κ2) is 8.13. The number of carbonyl (C=O) groups excluding carboxylic acids is 1. The van der Waals surface area contributed by atoms with Gasteiger partial charge in [-0.1, -0.05) is 6.07 Å². The normalized spacial score (nSPS) is 11.4. The molecular formula is C17H17N3O7. The van der Waals surface area contributed by atoms with Gasteiger partial charge in [0.25, 0.3) is 11.6 Å². The highest BCUT2D eigenvalue weighted by atomic mass is 16.6. The lowest BCUT2D eigenvalue weighted by Crippen LogP contribution is -2.30. The van der Waals surface area contributed by atoms with E-state index in [2.05, 4.69) is 5.32 Å². The van der Waals surface area contributed by atoms with Gasteiger partial charge < -0.3 is 14.8 Å². The van der Waals surface area contributed by atoms with Crippen LogP contribution >= 0.6 is 0 Å². The van der Waals surface area contributed by atoms with Gasteiger partial charge in [-0.25, -0.2) is 0 Å². The van der Waals surface area contributed by atoms with E-state index in [1.54, 1.807) is 13.0 Å². The highest BCUT2D eigenvalue weighted by molar-refractivity contribution is 5.96. The van der Waals surface area contributed by atoms with Gasteiger partial charge in [0.2, 0.25) is 0 Å². The van der Waals surface area contributed by atoms with E-state index in [9.17, 15) is 25.0 Å². The molecule has 1 amide bonds. The molecule has 2 aromatic carbocycles. The minimum Gasteiger partial charge on any atom is -0.496 e. The number of amides is 1. The van der Waals surface area contributed by atoms with Crippen LogP contribution in [0.25, 0.3) is 0 Å². The number of nitro groups is 2. The average molecular weight is 375 g/mol. The van der Waals surface area contributed by atoms with Crippen LogP contribution in [0.3, 0.4) is 0 Å². The van der Waals surface area contributed by atoms with E-state index in [0.717, 1.165) is 0 Å². The Bertz CT molecular complexity index is 898. The largest absolute Gasteiger partial charge is 0.496 e. The Hall–Kier alpha value is -3.69. The van der Waals surface area contributed by atoms with Crippen molar-refractivity contribution in [2.75, 3.05) is 12.4 Å². The van der Waals surface area contributed by atoms with Crippen LogP contribution in [0.15, 0.2) is 36.4 Å². The Balaban J connectivity index is 2.20. The number of nitro benzene ring substituents is 2. The van der Waals surface area contributed by atoms with E-state index in [4.69, 9.17) is 9.47 Å². The fourth-order valence-electron chi connectivity index (χ4n) is 2.24. The summed E-state index contributed by atoms with van der Waals surface area (Å²) in [5.41, 5.74) is 0.000891. The first kappa shape index (κ1) is 19.6. The predicted octanol–water partition coefficient (Wildman–Crippen LogP) is 3.23. The summed E-state index contributed by atoms with van der Waals surface area (Å²) in [5, 5.41) is 24.7. The van der Waals surface area contributed by atoms with Crippen molar-refractivity contribution in [3.8, 4) is 11.5 Å². The van der Waals surface area contributed by atoms with Gasteiger partial charge >= 0.3 is 5.69 Å². The van der Waals surface area contributed by atoms with E-state index in [-0.39, 0.29) is 28.6 Å². The Morgan fingerprint density at radius 3 is 2.33 bits per heavy atom. The van der Waals surface area contributed by atoms with Gasteiger partial charge in [-0.2, -0.15) is 0 Å². The smallest absolute Gasteiger partial charge is 0.311 e. The maximum absolute atomic E-state index is 12.3. The molecule has 2 aromatic rings. The van der Waals surface area contributed by atoms with Gasteiger partial charge in [-0.05, 0) is 37.6 Å². The number of hydrogen-bond donors (Lipinski definition) is 1. The highest BCUT2D eigenvalue weighted by Gasteiger charge is 2.24. The summed E-state index contributed by atoms with van der Waals surface area (Å²) in [6.07, 6.45) is -1.13. The molecule has 0 spiro atoms. The Morgan fingerprint density at radius 2 is 1.74 bits per heavy atom. The molecule has 1 N–H and O–H groups in total. The number of rotatable bonds is 7. The molecule has 1 atom stereocenters. The second-order valence-electron chi connectivity index (χ2n) is 5.62. The van der Waals surface area contributed by atoms with E-state index in [0.29, 0.717) is 5.56 Å². The molecule has 0 aliphatic rings. The molecule has 0 aromatic heterocycles. The van der Waals surface area contributed by atoms with E-state index < -0.39 is 21.9 Å². The molecule has 0 saturated heterocycles. The number of aryl methyl sites for hydroxylation is 1. The molecule has 0 bridgehead atoms. The van der Waals surface area contributed by atoms with Crippen LogP contribution in [-0.2, 0) is 4.79 Å². The molecule has 0 aliphatic heterocycles. The number of carbonyl (C=O) groups is 1. The molecular weight excluding hydrogens is 358 g/mol. The van der Waals surface area contributed by atoms with Gasteiger partial charge in [-0.15, -0.1) is 0 Å². The van der Waals surface area contributed by atoms with Gasteiger partial charge in [0, 0.05) is 6.07 Å². The molecule has 0 saturated carbocycles. The lowest BCUT2D eigenvalue weighted by atomic mass is 10.2. The van der Waals surface area contributed by atoms with Gasteiger partial charge in [0.05, 0.1) is 23.0 Å². The number of nitrogens with zero attached hydrogens (tertiary/aromatic N) is 2. The maximum Gasteiger partial charge on any atom is 0.311 e. The standard InChI is InChI=1S/C17H17N3O7/c1-10-4-7-16(15(8-10)20(24)25)27-11(2)17(21)18-13-6-5-12(26-3)9-14(13)19(22)23/h4-9,11H,1-3H3,(H,18,21)/t11-/m1/s1. The molecule has 0 unspecified atom stereocenters. The number of methoxy groups -OCH3 is 1. The number of ether oxygens (including phenoxy) is 2. The monoisotopic (exact) mass is 375 g/mol. The zero-order valence-electron chi connectivity index (χ0n) is 14.8. The first-order valence-corrected chi connectivity index (χ1v) is 7.78. The third-order valence-electron chi connectivity index (χ3n) is 3.64. The third-order valence-corrected chi connectivity index (χ3v) is 3.64. The molecule has 10 nitrogen and oxygen atoms in total. The minimum absolute atomic E-state index is 0.0420. The first-order chi connectivity index (χ1) is 12.7. The van der Waals surface area contributed by atoms with Crippen molar-refractivity contribution in [1.82, 2.24) is 0 Å². The molecule has 10 heteroatoms. The summed E-state index contributed by atoms with van der Waals surface area (Å²) in [6, 6.07) is 8.30. The average Bonchev–Trinajstić information content (AvgIpc) is 2.62. The van der Waals surface area contributed by atoms with Crippen molar-refractivity contribution in [3.05, 3.63) is 62.2 Å². The van der Waals surface area contributed by atoms with Crippen molar-refractivity contribution < 1.29 is 24.1 Å². The van der Waals surface area contributed by atoms with E-state index >= 15 is 0 Å².